The predicted molar refractivity (Wildman–Crippen MR) is 74.5 cm³/mol. The molecule has 0 radical (unpaired) electrons. The Morgan fingerprint density at radius 2 is 2.42 bits per heavy atom. The maximum Gasteiger partial charge on any atom is 0.313 e. The highest BCUT2D eigenvalue weighted by Crippen LogP contribution is 2.33. The van der Waals surface area contributed by atoms with Crippen LogP contribution in [-0.2, 0) is 0 Å². The van der Waals surface area contributed by atoms with E-state index in [2.05, 4.69) is 11.9 Å². The fraction of sp³-hybridized carbons (Fsp3) is 0.583. The molecule has 1 aliphatic rings. The lowest BCUT2D eigenvalue weighted by Crippen LogP contribution is -2.47. The molecule has 7 heteroatoms. The Morgan fingerprint density at radius 3 is 3.05 bits per heavy atom. The Bertz CT molecular complexity index is 483. The third-order valence-corrected chi connectivity index (χ3v) is 3.74. The van der Waals surface area contributed by atoms with Gasteiger partial charge in [-0.3, -0.25) is 10.1 Å². The van der Waals surface area contributed by atoms with Crippen molar-refractivity contribution >= 4 is 23.1 Å². The fourth-order valence-corrected chi connectivity index (χ4v) is 2.68. The van der Waals surface area contributed by atoms with Gasteiger partial charge in [0.25, 0.3) is 0 Å². The van der Waals surface area contributed by atoms with Crippen LogP contribution < -0.4 is 10.6 Å². The van der Waals surface area contributed by atoms with E-state index in [0.29, 0.717) is 18.3 Å². The lowest BCUT2D eigenvalue weighted by atomic mass is 9.92. The lowest BCUT2D eigenvalue weighted by Gasteiger charge is -2.38. The smallest absolute Gasteiger partial charge is 0.313 e. The maximum atomic E-state index is 11.1. The highest BCUT2D eigenvalue weighted by molar-refractivity contribution is 6.30. The van der Waals surface area contributed by atoms with Gasteiger partial charge in [0.1, 0.15) is 0 Å². The zero-order chi connectivity index (χ0) is 14.0. The number of anilines is 1. The second-order valence-corrected chi connectivity index (χ2v) is 5.40. The average molecular weight is 285 g/mol. The van der Waals surface area contributed by atoms with Gasteiger partial charge in [0, 0.05) is 31.4 Å². The van der Waals surface area contributed by atoms with Gasteiger partial charge < -0.3 is 10.6 Å². The highest BCUT2D eigenvalue weighted by Gasteiger charge is 2.31. The first-order valence-corrected chi connectivity index (χ1v) is 6.67. The third kappa shape index (κ3) is 2.96. The van der Waals surface area contributed by atoms with Crippen molar-refractivity contribution in [3.63, 3.8) is 0 Å². The number of piperidine rings is 1. The van der Waals surface area contributed by atoms with Gasteiger partial charge in [0.2, 0.25) is 5.82 Å². The summed E-state index contributed by atoms with van der Waals surface area (Å²) in [5, 5.41) is 11.4. The molecule has 6 nitrogen and oxygen atoms in total. The quantitative estimate of drug-likeness (QED) is 0.679. The minimum absolute atomic E-state index is 0.0551. The SMILES string of the molecule is CC1CCN(c2ncc(Cl)cc2[N+](=O)[O-])C(CN)C1. The molecular weight excluding hydrogens is 268 g/mol. The number of rotatable bonds is 3. The molecular formula is C12H17ClN4O2. The number of hydrogen-bond acceptors (Lipinski definition) is 5. The van der Waals surface area contributed by atoms with Crippen LogP contribution in [0, 0.1) is 16.0 Å². The molecule has 2 heterocycles. The molecule has 2 atom stereocenters. The van der Waals surface area contributed by atoms with Crippen LogP contribution in [0.1, 0.15) is 19.8 Å². The zero-order valence-electron chi connectivity index (χ0n) is 10.8. The summed E-state index contributed by atoms with van der Waals surface area (Å²) in [6.45, 7) is 3.37. The molecule has 0 aromatic carbocycles. The van der Waals surface area contributed by atoms with Gasteiger partial charge in [-0.05, 0) is 18.8 Å². The summed E-state index contributed by atoms with van der Waals surface area (Å²) in [6, 6.07) is 1.44. The molecule has 1 aliphatic heterocycles. The molecule has 2 N–H and O–H groups in total. The van der Waals surface area contributed by atoms with Crippen LogP contribution in [0.25, 0.3) is 0 Å². The zero-order valence-corrected chi connectivity index (χ0v) is 11.5. The summed E-state index contributed by atoms with van der Waals surface area (Å²) in [5.41, 5.74) is 5.73. The molecule has 0 bridgehead atoms. The monoisotopic (exact) mass is 284 g/mol. The van der Waals surface area contributed by atoms with Crippen molar-refractivity contribution in [2.75, 3.05) is 18.0 Å². The van der Waals surface area contributed by atoms with E-state index in [1.807, 2.05) is 4.90 Å². The average Bonchev–Trinajstić information content (AvgIpc) is 2.38. The van der Waals surface area contributed by atoms with Crippen molar-refractivity contribution in [2.24, 2.45) is 11.7 Å². The van der Waals surface area contributed by atoms with Crippen LogP contribution in [0.4, 0.5) is 11.5 Å². The maximum absolute atomic E-state index is 11.1. The Kier molecular flexibility index (Phi) is 4.21. The third-order valence-electron chi connectivity index (χ3n) is 3.53. The highest BCUT2D eigenvalue weighted by atomic mass is 35.5. The Hall–Kier alpha value is -1.40. The molecule has 2 rings (SSSR count). The number of nitrogens with zero attached hydrogens (tertiary/aromatic N) is 3. The van der Waals surface area contributed by atoms with Crippen molar-refractivity contribution in [1.82, 2.24) is 4.98 Å². The van der Waals surface area contributed by atoms with Crippen molar-refractivity contribution in [1.29, 1.82) is 0 Å². The van der Waals surface area contributed by atoms with E-state index in [9.17, 15) is 10.1 Å². The van der Waals surface area contributed by atoms with E-state index in [0.717, 1.165) is 19.4 Å². The Balaban J connectivity index is 2.37. The molecule has 104 valence electrons. The van der Waals surface area contributed by atoms with Gasteiger partial charge in [-0.1, -0.05) is 18.5 Å². The minimum Gasteiger partial charge on any atom is -0.347 e. The van der Waals surface area contributed by atoms with E-state index < -0.39 is 4.92 Å². The second kappa shape index (κ2) is 5.71. The first kappa shape index (κ1) is 14.0. The molecule has 0 spiro atoms. The summed E-state index contributed by atoms with van der Waals surface area (Å²) in [5.74, 6) is 0.952. The van der Waals surface area contributed by atoms with Crippen LogP contribution in [0.15, 0.2) is 12.3 Å². The number of pyridine rings is 1. The van der Waals surface area contributed by atoms with Gasteiger partial charge in [-0.15, -0.1) is 0 Å². The van der Waals surface area contributed by atoms with Gasteiger partial charge in [0.05, 0.1) is 9.95 Å². The summed E-state index contributed by atoms with van der Waals surface area (Å²) in [4.78, 5) is 16.8. The standard InChI is InChI=1S/C12H17ClN4O2/c1-8-2-3-16(10(4-8)6-14)12-11(17(18)19)5-9(13)7-15-12/h5,7-8,10H,2-4,6,14H2,1H3. The Morgan fingerprint density at radius 1 is 1.68 bits per heavy atom. The van der Waals surface area contributed by atoms with Crippen molar-refractivity contribution in [2.45, 2.75) is 25.8 Å². The number of hydrogen-bond donors (Lipinski definition) is 1. The summed E-state index contributed by atoms with van der Waals surface area (Å²) >= 11 is 5.78. The number of aromatic nitrogens is 1. The molecule has 2 unspecified atom stereocenters. The van der Waals surface area contributed by atoms with Crippen molar-refractivity contribution in [3.8, 4) is 0 Å². The van der Waals surface area contributed by atoms with Crippen LogP contribution in [0.3, 0.4) is 0 Å². The van der Waals surface area contributed by atoms with E-state index in [1.54, 1.807) is 0 Å². The van der Waals surface area contributed by atoms with Crippen LogP contribution in [-0.4, -0.2) is 29.0 Å². The van der Waals surface area contributed by atoms with E-state index >= 15 is 0 Å². The number of halogens is 1. The van der Waals surface area contributed by atoms with Crippen molar-refractivity contribution < 1.29 is 4.92 Å². The van der Waals surface area contributed by atoms with Crippen LogP contribution in [0.2, 0.25) is 5.02 Å². The van der Waals surface area contributed by atoms with Gasteiger partial charge in [-0.25, -0.2) is 4.98 Å². The first-order valence-electron chi connectivity index (χ1n) is 6.29. The number of nitro groups is 1. The van der Waals surface area contributed by atoms with Crippen molar-refractivity contribution in [3.05, 3.63) is 27.4 Å². The van der Waals surface area contributed by atoms with Crippen LogP contribution >= 0.6 is 11.6 Å². The predicted octanol–water partition coefficient (Wildman–Crippen LogP) is 2.21. The first-order chi connectivity index (χ1) is 9.02. The summed E-state index contributed by atoms with van der Waals surface area (Å²) in [7, 11) is 0. The molecule has 1 aromatic rings. The van der Waals surface area contributed by atoms with Gasteiger partial charge in [-0.2, -0.15) is 0 Å². The van der Waals surface area contributed by atoms with E-state index in [-0.39, 0.29) is 16.8 Å². The molecule has 19 heavy (non-hydrogen) atoms. The van der Waals surface area contributed by atoms with E-state index in [1.165, 1.54) is 12.3 Å². The fourth-order valence-electron chi connectivity index (χ4n) is 2.53. The molecule has 0 amide bonds. The molecule has 0 saturated carbocycles. The topological polar surface area (TPSA) is 85.3 Å². The summed E-state index contributed by atoms with van der Waals surface area (Å²) in [6.07, 6.45) is 3.35. The molecule has 1 aromatic heterocycles. The normalized spacial score (nSPS) is 23.4. The van der Waals surface area contributed by atoms with Gasteiger partial charge >= 0.3 is 5.69 Å². The number of nitrogens with two attached hydrogens (primary N) is 1. The second-order valence-electron chi connectivity index (χ2n) is 4.97. The van der Waals surface area contributed by atoms with Gasteiger partial charge in [0.15, 0.2) is 0 Å². The van der Waals surface area contributed by atoms with Crippen LogP contribution in [0.5, 0.6) is 0 Å². The lowest BCUT2D eigenvalue weighted by molar-refractivity contribution is -0.384. The largest absolute Gasteiger partial charge is 0.347 e. The molecule has 0 aliphatic carbocycles. The summed E-state index contributed by atoms with van der Waals surface area (Å²) < 4.78 is 0. The minimum atomic E-state index is -0.445. The Labute approximate surface area is 116 Å². The molecule has 1 fully saturated rings. The molecule has 1 saturated heterocycles. The van der Waals surface area contributed by atoms with E-state index in [4.69, 9.17) is 17.3 Å².